The minimum atomic E-state index is -1.02. The molecule has 4 rings (SSSR count). The molecule has 4 atom stereocenters. The lowest BCUT2D eigenvalue weighted by molar-refractivity contribution is -0.128. The van der Waals surface area contributed by atoms with Crippen molar-refractivity contribution in [2.24, 2.45) is 11.3 Å². The Kier molecular flexibility index (Phi) is 8.47. The number of nitrogens with zero attached hydrogens (tertiary/aromatic N) is 1. The van der Waals surface area contributed by atoms with E-state index in [1.807, 2.05) is 50.3 Å². The Hall–Kier alpha value is -3.00. The van der Waals surface area contributed by atoms with Crippen LogP contribution in [0.1, 0.15) is 57.9 Å². The molecule has 1 aromatic rings. The second-order valence-corrected chi connectivity index (χ2v) is 10.8. The summed E-state index contributed by atoms with van der Waals surface area (Å²) in [6.45, 7) is 7.64. The SMILES string of the molecule is CCC1=CC(C)(C)[C@@H](C(=O)CCC(=O)NCC2CN(c3ccccc3C3CCNCC3F)C(=O)O2)C=C1. The molecule has 0 aromatic heterocycles. The van der Waals surface area contributed by atoms with E-state index in [9.17, 15) is 18.8 Å². The van der Waals surface area contributed by atoms with E-state index in [1.54, 1.807) is 0 Å². The third kappa shape index (κ3) is 6.29. The number of hydrogen-bond acceptors (Lipinski definition) is 5. The highest BCUT2D eigenvalue weighted by Crippen LogP contribution is 2.38. The molecule has 1 aromatic carbocycles. The fraction of sp³-hybridized carbons (Fsp3) is 0.552. The quantitative estimate of drug-likeness (QED) is 0.512. The van der Waals surface area contributed by atoms with Crippen LogP contribution in [-0.4, -0.2) is 56.2 Å². The van der Waals surface area contributed by atoms with Gasteiger partial charge in [-0.2, -0.15) is 0 Å². The van der Waals surface area contributed by atoms with Crippen molar-refractivity contribution in [2.45, 2.75) is 64.6 Å². The van der Waals surface area contributed by atoms with Gasteiger partial charge in [0.1, 0.15) is 18.1 Å². The van der Waals surface area contributed by atoms with Gasteiger partial charge in [0.05, 0.1) is 18.8 Å². The van der Waals surface area contributed by atoms with Gasteiger partial charge in [0.25, 0.3) is 0 Å². The van der Waals surface area contributed by atoms with Gasteiger partial charge in [0.15, 0.2) is 0 Å². The number of Topliss-reactive ketones (excluding diaryl/α,β-unsaturated/α-hetero) is 1. The smallest absolute Gasteiger partial charge is 0.414 e. The lowest BCUT2D eigenvalue weighted by Crippen LogP contribution is -2.38. The van der Waals surface area contributed by atoms with Crippen molar-refractivity contribution in [1.29, 1.82) is 0 Å². The fourth-order valence-electron chi connectivity index (χ4n) is 5.58. The zero-order valence-electron chi connectivity index (χ0n) is 22.0. The van der Waals surface area contributed by atoms with Gasteiger partial charge in [-0.05, 0) is 36.4 Å². The molecule has 200 valence electrons. The van der Waals surface area contributed by atoms with Crippen molar-refractivity contribution < 1.29 is 23.5 Å². The monoisotopic (exact) mass is 511 g/mol. The van der Waals surface area contributed by atoms with E-state index in [-0.39, 0.29) is 54.9 Å². The Morgan fingerprint density at radius 2 is 2.03 bits per heavy atom. The molecule has 0 radical (unpaired) electrons. The van der Waals surface area contributed by atoms with Gasteiger partial charge in [-0.25, -0.2) is 9.18 Å². The summed E-state index contributed by atoms with van der Waals surface area (Å²) in [6.07, 6.45) is 5.88. The van der Waals surface area contributed by atoms with Gasteiger partial charge in [0.2, 0.25) is 5.91 Å². The van der Waals surface area contributed by atoms with Crippen molar-refractivity contribution in [3.05, 3.63) is 53.6 Å². The van der Waals surface area contributed by atoms with E-state index >= 15 is 0 Å². The molecule has 8 heteroatoms. The second-order valence-electron chi connectivity index (χ2n) is 10.8. The Morgan fingerprint density at radius 1 is 1.24 bits per heavy atom. The number of carbonyl (C=O) groups is 3. The van der Waals surface area contributed by atoms with E-state index in [0.29, 0.717) is 18.7 Å². The zero-order valence-corrected chi connectivity index (χ0v) is 22.0. The van der Waals surface area contributed by atoms with Crippen LogP contribution in [0.2, 0.25) is 0 Å². The maximum absolute atomic E-state index is 14.6. The summed E-state index contributed by atoms with van der Waals surface area (Å²) in [5, 5.41) is 5.87. The highest BCUT2D eigenvalue weighted by Gasteiger charge is 2.37. The molecule has 0 saturated carbocycles. The molecular formula is C29H38FN3O4. The summed E-state index contributed by atoms with van der Waals surface area (Å²) in [5.74, 6) is -0.735. The molecule has 2 N–H and O–H groups in total. The first-order chi connectivity index (χ1) is 17.7. The van der Waals surface area contributed by atoms with Crippen LogP contribution in [0.3, 0.4) is 0 Å². The first-order valence-corrected chi connectivity index (χ1v) is 13.3. The number of benzene rings is 1. The predicted octanol–water partition coefficient (Wildman–Crippen LogP) is 4.44. The van der Waals surface area contributed by atoms with Crippen molar-refractivity contribution in [2.75, 3.05) is 31.1 Å². The zero-order chi connectivity index (χ0) is 26.6. The molecule has 2 fully saturated rings. The molecule has 2 aliphatic heterocycles. The minimum absolute atomic E-state index is 0.0435. The molecular weight excluding hydrogens is 473 g/mol. The maximum Gasteiger partial charge on any atom is 0.414 e. The van der Waals surface area contributed by atoms with Crippen LogP contribution in [0.15, 0.2) is 48.1 Å². The molecule has 2 heterocycles. The largest absolute Gasteiger partial charge is 0.442 e. The molecule has 3 unspecified atom stereocenters. The van der Waals surface area contributed by atoms with Gasteiger partial charge < -0.3 is 15.4 Å². The van der Waals surface area contributed by atoms with Crippen molar-refractivity contribution in [3.63, 3.8) is 0 Å². The summed E-state index contributed by atoms with van der Waals surface area (Å²) in [5.41, 5.74) is 2.40. The van der Waals surface area contributed by atoms with Gasteiger partial charge in [-0.1, -0.05) is 62.8 Å². The Balaban J connectivity index is 1.28. The molecule has 1 aliphatic carbocycles. The summed E-state index contributed by atoms with van der Waals surface area (Å²) in [7, 11) is 0. The Bertz CT molecular complexity index is 1080. The third-order valence-electron chi connectivity index (χ3n) is 7.65. The summed E-state index contributed by atoms with van der Waals surface area (Å²) < 4.78 is 20.1. The van der Waals surface area contributed by atoms with E-state index in [1.165, 1.54) is 10.5 Å². The van der Waals surface area contributed by atoms with Crippen LogP contribution in [0.4, 0.5) is 14.9 Å². The normalized spacial score (nSPS) is 27.0. The number of para-hydroxylation sites is 1. The third-order valence-corrected chi connectivity index (χ3v) is 7.65. The lowest BCUT2D eigenvalue weighted by Gasteiger charge is -2.32. The predicted molar refractivity (Wildman–Crippen MR) is 141 cm³/mol. The number of rotatable bonds is 9. The van der Waals surface area contributed by atoms with E-state index < -0.39 is 18.4 Å². The number of nitrogens with one attached hydrogen (secondary N) is 2. The van der Waals surface area contributed by atoms with Crippen LogP contribution in [0.25, 0.3) is 0 Å². The molecule has 0 spiro atoms. The van der Waals surface area contributed by atoms with E-state index in [2.05, 4.69) is 23.6 Å². The molecule has 0 bridgehead atoms. The van der Waals surface area contributed by atoms with Gasteiger partial charge in [-0.3, -0.25) is 14.5 Å². The summed E-state index contributed by atoms with van der Waals surface area (Å²) >= 11 is 0. The number of halogens is 1. The lowest BCUT2D eigenvalue weighted by atomic mass is 9.71. The van der Waals surface area contributed by atoms with Crippen LogP contribution in [0, 0.1) is 11.3 Å². The molecule has 7 nitrogen and oxygen atoms in total. The maximum atomic E-state index is 14.6. The van der Waals surface area contributed by atoms with Crippen LogP contribution < -0.4 is 15.5 Å². The average Bonchev–Trinajstić information content (AvgIpc) is 3.25. The number of cyclic esters (lactones) is 1. The molecule has 2 saturated heterocycles. The first-order valence-electron chi connectivity index (χ1n) is 13.3. The number of allylic oxidation sites excluding steroid dienone is 4. The van der Waals surface area contributed by atoms with Crippen molar-refractivity contribution in [3.8, 4) is 0 Å². The first kappa shape index (κ1) is 27.0. The standard InChI is InChI=1S/C29H38FN3O4/c1-4-19-9-10-23(29(2,3)15-19)26(34)11-12-27(35)32-16-20-18-33(28(36)37-20)25-8-6-5-7-22(25)21-13-14-31-17-24(21)30/h5-10,15,20-21,23-24,31H,4,11-14,16-18H2,1-3H3,(H,32,35)/t20?,21?,23-,24?/m1/s1. The number of ketones is 1. The van der Waals surface area contributed by atoms with E-state index in [0.717, 1.165) is 18.5 Å². The molecule has 2 amide bonds. The van der Waals surface area contributed by atoms with Crippen molar-refractivity contribution >= 4 is 23.5 Å². The highest BCUT2D eigenvalue weighted by molar-refractivity contribution is 5.91. The van der Waals surface area contributed by atoms with Gasteiger partial charge >= 0.3 is 6.09 Å². The summed E-state index contributed by atoms with van der Waals surface area (Å²) in [4.78, 5) is 39.5. The average molecular weight is 512 g/mol. The second kappa shape index (κ2) is 11.6. The number of alkyl halides is 1. The Labute approximate surface area is 218 Å². The topological polar surface area (TPSA) is 87.7 Å². The number of amides is 2. The number of ether oxygens (including phenoxy) is 1. The fourth-order valence-corrected chi connectivity index (χ4v) is 5.58. The van der Waals surface area contributed by atoms with Gasteiger partial charge in [0, 0.05) is 31.2 Å². The number of anilines is 1. The highest BCUT2D eigenvalue weighted by atomic mass is 19.1. The number of piperidine rings is 1. The number of hydrogen-bond donors (Lipinski definition) is 2. The van der Waals surface area contributed by atoms with Crippen LogP contribution in [-0.2, 0) is 14.3 Å². The van der Waals surface area contributed by atoms with Crippen LogP contribution in [0.5, 0.6) is 0 Å². The molecule has 3 aliphatic rings. The van der Waals surface area contributed by atoms with E-state index in [4.69, 9.17) is 4.74 Å². The minimum Gasteiger partial charge on any atom is -0.442 e. The van der Waals surface area contributed by atoms with Crippen LogP contribution >= 0.6 is 0 Å². The Morgan fingerprint density at radius 3 is 2.76 bits per heavy atom. The number of carbonyl (C=O) groups excluding carboxylic acids is 3. The van der Waals surface area contributed by atoms with Crippen molar-refractivity contribution in [1.82, 2.24) is 10.6 Å². The summed E-state index contributed by atoms with van der Waals surface area (Å²) in [6, 6.07) is 7.38. The van der Waals surface area contributed by atoms with Gasteiger partial charge in [-0.15, -0.1) is 0 Å². The molecule has 37 heavy (non-hydrogen) atoms.